The second-order valence-corrected chi connectivity index (χ2v) is 14.9. The Morgan fingerprint density at radius 2 is 0.982 bits per heavy atom. The highest BCUT2D eigenvalue weighted by molar-refractivity contribution is 6.10. The first-order chi connectivity index (χ1) is 27.2. The van der Waals surface area contributed by atoms with Crippen LogP contribution in [0.3, 0.4) is 0 Å². The van der Waals surface area contributed by atoms with Gasteiger partial charge in [0.1, 0.15) is 11.2 Å². The first-order valence-corrected chi connectivity index (χ1v) is 19.0. The number of rotatable bonds is 4. The standard InChI is InChI=1S/C53H33NO/c1-2-10-40(11-3-1)54-49-16-8-6-13-43(49)44-26-23-37(31-50(44)54)36-22-25-42-41-12-4-5-15-47(41)53(48(42)30-36)39-21-20-33-28-34(18-19-35(33)29-39)38-24-27-46-45-14-7-9-17-51(45)55-52(46)32-38/h1-32,53H. The number of furan rings is 1. The highest BCUT2D eigenvalue weighted by Gasteiger charge is 2.30. The van der Waals surface area contributed by atoms with Crippen LogP contribution in [0.15, 0.2) is 199 Å². The summed E-state index contributed by atoms with van der Waals surface area (Å²) < 4.78 is 8.62. The average Bonchev–Trinajstić information content (AvgIpc) is 3.90. The lowest BCUT2D eigenvalue weighted by atomic mass is 9.86. The van der Waals surface area contributed by atoms with Gasteiger partial charge in [0.2, 0.25) is 0 Å². The minimum absolute atomic E-state index is 0.144. The average molecular weight is 700 g/mol. The van der Waals surface area contributed by atoms with E-state index < -0.39 is 0 Å². The van der Waals surface area contributed by atoms with E-state index in [0.717, 1.165) is 27.5 Å². The molecule has 9 aromatic carbocycles. The number of hydrogen-bond acceptors (Lipinski definition) is 1. The van der Waals surface area contributed by atoms with Crippen LogP contribution in [0.5, 0.6) is 0 Å². The maximum atomic E-state index is 6.22. The van der Waals surface area contributed by atoms with Crippen LogP contribution in [-0.4, -0.2) is 4.57 Å². The van der Waals surface area contributed by atoms with Crippen molar-refractivity contribution in [2.24, 2.45) is 0 Å². The molecule has 1 aliphatic rings. The molecule has 2 heterocycles. The van der Waals surface area contributed by atoms with Crippen molar-refractivity contribution in [2.45, 2.75) is 5.92 Å². The van der Waals surface area contributed by atoms with E-state index in [1.807, 2.05) is 12.1 Å². The van der Waals surface area contributed by atoms with Crippen LogP contribution >= 0.6 is 0 Å². The Bertz CT molecular complexity index is 3330. The van der Waals surface area contributed by atoms with Crippen molar-refractivity contribution in [3.8, 4) is 39.1 Å². The van der Waals surface area contributed by atoms with E-state index in [-0.39, 0.29) is 5.92 Å². The third-order valence-corrected chi connectivity index (χ3v) is 11.9. The first kappa shape index (κ1) is 30.3. The molecule has 0 radical (unpaired) electrons. The summed E-state index contributed by atoms with van der Waals surface area (Å²) in [4.78, 5) is 0. The summed E-state index contributed by atoms with van der Waals surface area (Å²) in [5.41, 5.74) is 16.9. The number of aromatic nitrogens is 1. The third-order valence-electron chi connectivity index (χ3n) is 11.9. The molecule has 1 atom stereocenters. The Morgan fingerprint density at radius 1 is 0.364 bits per heavy atom. The molecular formula is C53H33NO. The van der Waals surface area contributed by atoms with Gasteiger partial charge in [-0.1, -0.05) is 140 Å². The van der Waals surface area contributed by atoms with E-state index in [1.165, 1.54) is 82.8 Å². The fourth-order valence-corrected chi connectivity index (χ4v) is 9.28. The zero-order valence-electron chi connectivity index (χ0n) is 29.9. The van der Waals surface area contributed by atoms with Crippen LogP contribution in [0.1, 0.15) is 22.6 Å². The quantitative estimate of drug-likeness (QED) is 0.179. The summed E-state index contributed by atoms with van der Waals surface area (Å²) in [5.74, 6) is 0.144. The molecule has 0 saturated heterocycles. The maximum absolute atomic E-state index is 6.22. The molecule has 2 aromatic heterocycles. The van der Waals surface area contributed by atoms with E-state index in [0.29, 0.717) is 0 Å². The summed E-state index contributed by atoms with van der Waals surface area (Å²) >= 11 is 0. The first-order valence-electron chi connectivity index (χ1n) is 19.0. The van der Waals surface area contributed by atoms with Gasteiger partial charge in [-0.3, -0.25) is 0 Å². The Kier molecular flexibility index (Phi) is 6.43. The molecule has 1 aliphatic carbocycles. The van der Waals surface area contributed by atoms with Crippen molar-refractivity contribution in [1.82, 2.24) is 4.57 Å². The predicted molar refractivity (Wildman–Crippen MR) is 229 cm³/mol. The Balaban J connectivity index is 0.954. The molecule has 0 amide bonds. The van der Waals surface area contributed by atoms with Crippen molar-refractivity contribution >= 4 is 54.5 Å². The largest absolute Gasteiger partial charge is 0.456 e. The van der Waals surface area contributed by atoms with Crippen molar-refractivity contribution < 1.29 is 4.42 Å². The minimum atomic E-state index is 0.144. The summed E-state index contributed by atoms with van der Waals surface area (Å²) in [7, 11) is 0. The van der Waals surface area contributed by atoms with Crippen LogP contribution in [0.25, 0.3) is 93.6 Å². The van der Waals surface area contributed by atoms with Crippen LogP contribution in [0.2, 0.25) is 0 Å². The van der Waals surface area contributed by atoms with Gasteiger partial charge in [0.05, 0.1) is 11.0 Å². The van der Waals surface area contributed by atoms with E-state index in [1.54, 1.807) is 0 Å². The van der Waals surface area contributed by atoms with Crippen LogP contribution in [-0.2, 0) is 0 Å². The molecule has 11 aromatic rings. The van der Waals surface area contributed by atoms with E-state index in [4.69, 9.17) is 4.42 Å². The molecule has 0 aliphatic heterocycles. The third kappa shape index (κ3) is 4.62. The topological polar surface area (TPSA) is 18.1 Å². The highest BCUT2D eigenvalue weighted by atomic mass is 16.3. The number of nitrogens with zero attached hydrogens (tertiary/aromatic N) is 1. The summed E-state index contributed by atoms with van der Waals surface area (Å²) in [6.07, 6.45) is 0. The summed E-state index contributed by atoms with van der Waals surface area (Å²) in [5, 5.41) is 7.32. The van der Waals surface area contributed by atoms with Gasteiger partial charge in [0.15, 0.2) is 0 Å². The zero-order valence-corrected chi connectivity index (χ0v) is 29.9. The van der Waals surface area contributed by atoms with Crippen LogP contribution in [0, 0.1) is 0 Å². The van der Waals surface area contributed by atoms with E-state index in [2.05, 4.69) is 187 Å². The molecule has 256 valence electrons. The minimum Gasteiger partial charge on any atom is -0.456 e. The summed E-state index contributed by atoms with van der Waals surface area (Å²) in [6.45, 7) is 0. The number of hydrogen-bond donors (Lipinski definition) is 0. The van der Waals surface area contributed by atoms with Crippen molar-refractivity contribution in [3.63, 3.8) is 0 Å². The Morgan fingerprint density at radius 3 is 1.91 bits per heavy atom. The SMILES string of the molecule is c1ccc(-n2c3ccccc3c3ccc(-c4ccc5c(c4)C(c4ccc6cc(-c7ccc8c(c7)oc7ccccc78)ccc6c4)c4ccccc4-5)cc32)cc1. The second-order valence-electron chi connectivity index (χ2n) is 14.9. The molecule has 0 fully saturated rings. The monoisotopic (exact) mass is 699 g/mol. The molecule has 55 heavy (non-hydrogen) atoms. The fraction of sp³-hybridized carbons (Fsp3) is 0.0189. The molecule has 12 rings (SSSR count). The molecule has 0 spiro atoms. The van der Waals surface area contributed by atoms with Crippen LogP contribution in [0.4, 0.5) is 0 Å². The van der Waals surface area contributed by atoms with Gasteiger partial charge in [-0.15, -0.1) is 0 Å². The lowest BCUT2D eigenvalue weighted by molar-refractivity contribution is 0.669. The van der Waals surface area contributed by atoms with Gasteiger partial charge in [-0.25, -0.2) is 0 Å². The number of para-hydroxylation sites is 3. The van der Waals surface area contributed by atoms with Crippen molar-refractivity contribution in [2.75, 3.05) is 0 Å². The van der Waals surface area contributed by atoms with Crippen LogP contribution < -0.4 is 0 Å². The molecule has 0 N–H and O–H groups in total. The van der Waals surface area contributed by atoms with Gasteiger partial charge in [-0.05, 0) is 115 Å². The smallest absolute Gasteiger partial charge is 0.136 e. The van der Waals surface area contributed by atoms with Gasteiger partial charge in [0, 0.05) is 33.2 Å². The van der Waals surface area contributed by atoms with Crippen molar-refractivity contribution in [1.29, 1.82) is 0 Å². The lowest BCUT2D eigenvalue weighted by Crippen LogP contribution is -1.99. The zero-order chi connectivity index (χ0) is 36.0. The Hall–Kier alpha value is -7.16. The van der Waals surface area contributed by atoms with Gasteiger partial charge in [0.25, 0.3) is 0 Å². The molecule has 2 heteroatoms. The van der Waals surface area contributed by atoms with Gasteiger partial charge >= 0.3 is 0 Å². The molecule has 0 saturated carbocycles. The lowest BCUT2D eigenvalue weighted by Gasteiger charge is -2.17. The van der Waals surface area contributed by atoms with E-state index in [9.17, 15) is 0 Å². The normalized spacial score (nSPS) is 13.6. The molecule has 0 bridgehead atoms. The number of fused-ring (bicyclic) bond motifs is 10. The maximum Gasteiger partial charge on any atom is 0.136 e. The van der Waals surface area contributed by atoms with Crippen molar-refractivity contribution in [3.05, 3.63) is 211 Å². The summed E-state index contributed by atoms with van der Waals surface area (Å²) in [6, 6.07) is 71.1. The number of benzene rings is 9. The van der Waals surface area contributed by atoms with Gasteiger partial charge in [-0.2, -0.15) is 0 Å². The predicted octanol–water partition coefficient (Wildman–Crippen LogP) is 14.3. The second kappa shape index (κ2) is 11.7. The molecule has 2 nitrogen and oxygen atoms in total. The fourth-order valence-electron chi connectivity index (χ4n) is 9.28. The molecular weight excluding hydrogens is 667 g/mol. The Labute approximate surface area is 318 Å². The highest BCUT2D eigenvalue weighted by Crippen LogP contribution is 2.50. The van der Waals surface area contributed by atoms with Gasteiger partial charge < -0.3 is 8.98 Å². The van der Waals surface area contributed by atoms with E-state index >= 15 is 0 Å². The molecule has 1 unspecified atom stereocenters.